The van der Waals surface area contributed by atoms with Crippen LogP contribution in [0.2, 0.25) is 0 Å². The minimum Gasteiger partial charge on any atom is -0.440 e. The summed E-state index contributed by atoms with van der Waals surface area (Å²) >= 11 is 0. The Bertz CT molecular complexity index is 395. The third kappa shape index (κ3) is 2.08. The standard InChI is InChI=1S/C11H13O2P/c1-10-7-8-14(12,9-10)13-11-5-3-2-4-6-11/h2-6,9H,7-8H2,1H3. The lowest BCUT2D eigenvalue weighted by molar-refractivity contribution is 0.493. The first-order chi connectivity index (χ1) is 6.68. The zero-order valence-corrected chi connectivity index (χ0v) is 9.04. The predicted octanol–water partition coefficient (Wildman–Crippen LogP) is 3.65. The molecule has 1 aromatic rings. The Labute approximate surface area is 84.1 Å². The van der Waals surface area contributed by atoms with Gasteiger partial charge in [0.05, 0.1) is 0 Å². The molecule has 0 N–H and O–H groups in total. The van der Waals surface area contributed by atoms with Gasteiger partial charge in [-0.3, -0.25) is 4.57 Å². The Morgan fingerprint density at radius 3 is 2.57 bits per heavy atom. The average molecular weight is 208 g/mol. The summed E-state index contributed by atoms with van der Waals surface area (Å²) in [4.78, 5) is 0. The summed E-state index contributed by atoms with van der Waals surface area (Å²) in [5.41, 5.74) is 1.17. The van der Waals surface area contributed by atoms with Crippen molar-refractivity contribution in [1.29, 1.82) is 0 Å². The topological polar surface area (TPSA) is 26.3 Å². The van der Waals surface area contributed by atoms with Crippen molar-refractivity contribution < 1.29 is 9.09 Å². The molecule has 2 nitrogen and oxygen atoms in total. The first-order valence-electron chi connectivity index (χ1n) is 4.70. The van der Waals surface area contributed by atoms with Crippen molar-refractivity contribution in [3.63, 3.8) is 0 Å². The summed E-state index contributed by atoms with van der Waals surface area (Å²) in [5, 5.41) is 0. The normalized spacial score (nSPS) is 25.9. The highest BCUT2D eigenvalue weighted by atomic mass is 31.2. The van der Waals surface area contributed by atoms with E-state index in [1.807, 2.05) is 37.3 Å². The van der Waals surface area contributed by atoms with Crippen molar-refractivity contribution in [3.8, 4) is 5.75 Å². The van der Waals surface area contributed by atoms with E-state index >= 15 is 0 Å². The van der Waals surface area contributed by atoms with Crippen LogP contribution in [0.15, 0.2) is 41.7 Å². The molecule has 0 amide bonds. The fourth-order valence-corrected chi connectivity index (χ4v) is 3.75. The molecule has 2 rings (SSSR count). The van der Waals surface area contributed by atoms with Crippen LogP contribution in [-0.4, -0.2) is 6.16 Å². The molecule has 0 fully saturated rings. The molecule has 0 radical (unpaired) electrons. The fraction of sp³-hybridized carbons (Fsp3) is 0.273. The molecule has 0 saturated carbocycles. The minimum absolute atomic E-state index is 0.647. The van der Waals surface area contributed by atoms with E-state index in [0.717, 1.165) is 6.42 Å². The Kier molecular flexibility index (Phi) is 2.47. The Morgan fingerprint density at radius 2 is 2.00 bits per heavy atom. The van der Waals surface area contributed by atoms with E-state index in [2.05, 4.69) is 0 Å². The molecule has 1 aliphatic heterocycles. The van der Waals surface area contributed by atoms with Gasteiger partial charge in [0.2, 0.25) is 0 Å². The molecule has 74 valence electrons. The van der Waals surface area contributed by atoms with Gasteiger partial charge in [-0.15, -0.1) is 0 Å². The molecule has 1 aliphatic rings. The molecule has 1 aromatic carbocycles. The lowest BCUT2D eigenvalue weighted by Gasteiger charge is -2.11. The molecular weight excluding hydrogens is 195 g/mol. The van der Waals surface area contributed by atoms with Crippen molar-refractivity contribution in [1.82, 2.24) is 0 Å². The molecule has 0 aromatic heterocycles. The quantitative estimate of drug-likeness (QED) is 0.693. The molecular formula is C11H13O2P. The maximum Gasteiger partial charge on any atom is 0.270 e. The Morgan fingerprint density at radius 1 is 1.29 bits per heavy atom. The monoisotopic (exact) mass is 208 g/mol. The van der Waals surface area contributed by atoms with E-state index in [9.17, 15) is 4.57 Å². The second kappa shape index (κ2) is 3.62. The van der Waals surface area contributed by atoms with E-state index in [4.69, 9.17) is 4.52 Å². The van der Waals surface area contributed by atoms with Gasteiger partial charge in [-0.25, -0.2) is 0 Å². The highest BCUT2D eigenvalue weighted by Crippen LogP contribution is 2.54. The number of benzene rings is 1. The second-order valence-corrected chi connectivity index (χ2v) is 5.92. The number of allylic oxidation sites excluding steroid dienone is 1. The summed E-state index contributed by atoms with van der Waals surface area (Å²) in [5.74, 6) is 2.49. The van der Waals surface area contributed by atoms with E-state index in [1.165, 1.54) is 5.57 Å². The Balaban J connectivity index is 2.16. The van der Waals surface area contributed by atoms with E-state index < -0.39 is 7.37 Å². The van der Waals surface area contributed by atoms with Gasteiger partial charge in [0, 0.05) is 12.0 Å². The van der Waals surface area contributed by atoms with E-state index in [0.29, 0.717) is 11.9 Å². The summed E-state index contributed by atoms with van der Waals surface area (Å²) in [6.07, 6.45) is 1.54. The van der Waals surface area contributed by atoms with Gasteiger partial charge < -0.3 is 4.52 Å². The third-order valence-electron chi connectivity index (χ3n) is 2.24. The average Bonchev–Trinajstić information content (AvgIpc) is 2.47. The Hall–Kier alpha value is -1.01. The molecule has 0 spiro atoms. The molecule has 1 atom stereocenters. The smallest absolute Gasteiger partial charge is 0.270 e. The molecule has 14 heavy (non-hydrogen) atoms. The number of para-hydroxylation sites is 1. The van der Waals surface area contributed by atoms with Gasteiger partial charge in [-0.1, -0.05) is 23.8 Å². The van der Waals surface area contributed by atoms with Crippen molar-refractivity contribution in [2.45, 2.75) is 13.3 Å². The zero-order valence-electron chi connectivity index (χ0n) is 8.14. The minimum atomic E-state index is -2.51. The van der Waals surface area contributed by atoms with Crippen molar-refractivity contribution in [2.24, 2.45) is 0 Å². The number of hydrogen-bond acceptors (Lipinski definition) is 2. The highest BCUT2D eigenvalue weighted by Gasteiger charge is 2.26. The van der Waals surface area contributed by atoms with Gasteiger partial charge >= 0.3 is 0 Å². The second-order valence-electron chi connectivity index (χ2n) is 3.58. The molecule has 0 bridgehead atoms. The largest absolute Gasteiger partial charge is 0.440 e. The van der Waals surface area contributed by atoms with Crippen LogP contribution < -0.4 is 4.52 Å². The van der Waals surface area contributed by atoms with Crippen LogP contribution in [0.1, 0.15) is 13.3 Å². The molecule has 0 aliphatic carbocycles. The van der Waals surface area contributed by atoms with Crippen LogP contribution in [0.3, 0.4) is 0 Å². The first kappa shape index (κ1) is 9.54. The van der Waals surface area contributed by atoms with Gasteiger partial charge in [-0.05, 0) is 25.5 Å². The summed E-state index contributed by atoms with van der Waals surface area (Å²) in [7, 11) is -2.51. The van der Waals surface area contributed by atoms with Crippen molar-refractivity contribution in [2.75, 3.05) is 6.16 Å². The van der Waals surface area contributed by atoms with Gasteiger partial charge in [-0.2, -0.15) is 0 Å². The number of rotatable bonds is 2. The van der Waals surface area contributed by atoms with Crippen LogP contribution >= 0.6 is 7.37 Å². The fourth-order valence-electron chi connectivity index (χ4n) is 1.53. The van der Waals surface area contributed by atoms with Crippen LogP contribution in [-0.2, 0) is 4.57 Å². The van der Waals surface area contributed by atoms with E-state index in [-0.39, 0.29) is 0 Å². The first-order valence-corrected chi connectivity index (χ1v) is 6.58. The SMILES string of the molecule is CC1=CP(=O)(Oc2ccccc2)CC1. The van der Waals surface area contributed by atoms with Crippen LogP contribution in [0.4, 0.5) is 0 Å². The highest BCUT2D eigenvalue weighted by molar-refractivity contribution is 7.63. The van der Waals surface area contributed by atoms with E-state index in [1.54, 1.807) is 5.82 Å². The zero-order chi connectivity index (χ0) is 10.0. The van der Waals surface area contributed by atoms with Gasteiger partial charge in [0.25, 0.3) is 7.37 Å². The summed E-state index contributed by atoms with van der Waals surface area (Å²) in [6, 6.07) is 9.35. The van der Waals surface area contributed by atoms with Crippen molar-refractivity contribution in [3.05, 3.63) is 41.7 Å². The van der Waals surface area contributed by atoms with Crippen LogP contribution in [0, 0.1) is 0 Å². The lowest BCUT2D eigenvalue weighted by atomic mass is 10.3. The summed E-state index contributed by atoms with van der Waals surface area (Å²) < 4.78 is 17.6. The summed E-state index contributed by atoms with van der Waals surface area (Å²) in [6.45, 7) is 1.99. The van der Waals surface area contributed by atoms with Gasteiger partial charge in [0.1, 0.15) is 5.75 Å². The molecule has 3 heteroatoms. The third-order valence-corrected chi connectivity index (χ3v) is 4.44. The molecule has 0 saturated heterocycles. The maximum absolute atomic E-state index is 12.1. The molecule has 1 heterocycles. The predicted molar refractivity (Wildman–Crippen MR) is 57.9 cm³/mol. The maximum atomic E-state index is 12.1. The van der Waals surface area contributed by atoms with Crippen LogP contribution in [0.5, 0.6) is 5.75 Å². The van der Waals surface area contributed by atoms with Crippen LogP contribution in [0.25, 0.3) is 0 Å². The number of hydrogen-bond donors (Lipinski definition) is 0. The molecule has 1 unspecified atom stereocenters. The lowest BCUT2D eigenvalue weighted by Crippen LogP contribution is -1.90. The van der Waals surface area contributed by atoms with Crippen molar-refractivity contribution >= 4 is 7.37 Å². The van der Waals surface area contributed by atoms with Gasteiger partial charge in [0.15, 0.2) is 0 Å².